The Hall–Kier alpha value is -1.38. The summed E-state index contributed by atoms with van der Waals surface area (Å²) in [7, 11) is -4.54. The monoisotopic (exact) mass is 252 g/mol. The highest BCUT2D eigenvalue weighted by Gasteiger charge is 2.17. The second kappa shape index (κ2) is 4.01. The lowest BCUT2D eigenvalue weighted by Gasteiger charge is -2.03. The summed E-state index contributed by atoms with van der Waals surface area (Å²) in [5.41, 5.74) is -0.896. The summed E-state index contributed by atoms with van der Waals surface area (Å²) in [5.74, 6) is 0. The second-order valence-corrected chi connectivity index (χ2v) is 4.09. The standard InChI is InChI=1S/C6H5ClN2O5S/c7-4-1-2-5(8-15(12,13)14)6(3-4)9(10)11/h1-3,8H,(H,12,13,14). The smallest absolute Gasteiger partial charge is 0.269 e. The molecule has 0 amide bonds. The predicted octanol–water partition coefficient (Wildman–Crippen LogP) is 1.46. The Bertz CT molecular complexity index is 500. The average molecular weight is 253 g/mol. The third-order valence-electron chi connectivity index (χ3n) is 1.40. The van der Waals surface area contributed by atoms with Crippen molar-refractivity contribution in [1.29, 1.82) is 0 Å². The summed E-state index contributed by atoms with van der Waals surface area (Å²) in [5, 5.41) is 10.6. The third-order valence-corrected chi connectivity index (χ3v) is 2.11. The van der Waals surface area contributed by atoms with Gasteiger partial charge in [0.1, 0.15) is 5.69 Å². The quantitative estimate of drug-likeness (QED) is 0.481. The number of nitrogens with zero attached hydrogens (tertiary/aromatic N) is 1. The van der Waals surface area contributed by atoms with E-state index in [1.807, 2.05) is 0 Å². The van der Waals surface area contributed by atoms with Crippen LogP contribution >= 0.6 is 11.6 Å². The van der Waals surface area contributed by atoms with E-state index in [1.54, 1.807) is 4.72 Å². The number of halogens is 1. The number of hydrogen-bond acceptors (Lipinski definition) is 4. The van der Waals surface area contributed by atoms with Crippen LogP contribution in [0.5, 0.6) is 0 Å². The maximum absolute atomic E-state index is 10.5. The van der Waals surface area contributed by atoms with Crippen molar-refractivity contribution in [1.82, 2.24) is 0 Å². The molecule has 0 spiro atoms. The third kappa shape index (κ3) is 3.35. The fourth-order valence-electron chi connectivity index (χ4n) is 0.881. The van der Waals surface area contributed by atoms with Gasteiger partial charge in [-0.25, -0.2) is 0 Å². The minimum atomic E-state index is -4.54. The van der Waals surface area contributed by atoms with Crippen LogP contribution in [0.4, 0.5) is 11.4 Å². The SMILES string of the molecule is O=[N+]([O-])c1cc(Cl)ccc1NS(=O)(=O)O. The summed E-state index contributed by atoms with van der Waals surface area (Å²) in [6.45, 7) is 0. The van der Waals surface area contributed by atoms with E-state index >= 15 is 0 Å². The molecule has 0 radical (unpaired) electrons. The van der Waals surface area contributed by atoms with Crippen LogP contribution in [0.2, 0.25) is 5.02 Å². The summed E-state index contributed by atoms with van der Waals surface area (Å²) in [4.78, 5) is 9.67. The number of anilines is 1. The van der Waals surface area contributed by atoms with Gasteiger partial charge in [0.05, 0.1) is 4.92 Å². The molecule has 7 nitrogen and oxygen atoms in total. The molecule has 0 heterocycles. The molecule has 15 heavy (non-hydrogen) atoms. The summed E-state index contributed by atoms with van der Waals surface area (Å²) < 4.78 is 30.9. The summed E-state index contributed by atoms with van der Waals surface area (Å²) in [6.07, 6.45) is 0. The highest BCUT2D eigenvalue weighted by Crippen LogP contribution is 2.28. The highest BCUT2D eigenvalue weighted by atomic mass is 35.5. The van der Waals surface area contributed by atoms with E-state index in [4.69, 9.17) is 16.2 Å². The van der Waals surface area contributed by atoms with Crippen molar-refractivity contribution >= 4 is 33.3 Å². The predicted molar refractivity (Wildman–Crippen MR) is 53.3 cm³/mol. The first-order valence-electron chi connectivity index (χ1n) is 3.49. The van der Waals surface area contributed by atoms with Crippen LogP contribution in [0.15, 0.2) is 18.2 Å². The number of benzene rings is 1. The van der Waals surface area contributed by atoms with E-state index in [1.165, 1.54) is 6.07 Å². The van der Waals surface area contributed by atoms with E-state index in [0.717, 1.165) is 12.1 Å². The lowest BCUT2D eigenvalue weighted by molar-refractivity contribution is -0.383. The molecular weight excluding hydrogens is 248 g/mol. The molecule has 1 rings (SSSR count). The first-order valence-corrected chi connectivity index (χ1v) is 5.30. The average Bonchev–Trinajstić information content (AvgIpc) is 2.05. The summed E-state index contributed by atoms with van der Waals surface area (Å²) in [6, 6.07) is 3.30. The molecule has 0 fully saturated rings. The topological polar surface area (TPSA) is 110 Å². The Morgan fingerprint density at radius 2 is 2.07 bits per heavy atom. The first-order chi connectivity index (χ1) is 6.79. The molecule has 0 atom stereocenters. The lowest BCUT2D eigenvalue weighted by atomic mass is 10.3. The largest absolute Gasteiger partial charge is 0.357 e. The lowest BCUT2D eigenvalue weighted by Crippen LogP contribution is -2.11. The molecule has 0 bridgehead atoms. The fraction of sp³-hybridized carbons (Fsp3) is 0. The van der Waals surface area contributed by atoms with Gasteiger partial charge in [-0.15, -0.1) is 0 Å². The van der Waals surface area contributed by atoms with Gasteiger partial charge in [0.25, 0.3) is 5.69 Å². The molecule has 1 aromatic rings. The summed E-state index contributed by atoms with van der Waals surface area (Å²) >= 11 is 5.49. The van der Waals surface area contributed by atoms with Gasteiger partial charge >= 0.3 is 10.3 Å². The normalized spacial score (nSPS) is 11.1. The van der Waals surface area contributed by atoms with Gasteiger partial charge in [-0.2, -0.15) is 8.42 Å². The van der Waals surface area contributed by atoms with Gasteiger partial charge in [0.15, 0.2) is 0 Å². The molecule has 0 aliphatic rings. The number of rotatable bonds is 3. The minimum absolute atomic E-state index is 0.0857. The van der Waals surface area contributed by atoms with Crippen LogP contribution in [-0.4, -0.2) is 17.9 Å². The van der Waals surface area contributed by atoms with Crippen LogP contribution in [0.3, 0.4) is 0 Å². The van der Waals surface area contributed by atoms with Crippen LogP contribution in [0.25, 0.3) is 0 Å². The van der Waals surface area contributed by atoms with E-state index in [0.29, 0.717) is 0 Å². The van der Waals surface area contributed by atoms with Crippen molar-refractivity contribution in [2.75, 3.05) is 4.72 Å². The molecule has 0 saturated heterocycles. The van der Waals surface area contributed by atoms with E-state index < -0.39 is 20.9 Å². The maximum Gasteiger partial charge on any atom is 0.357 e. The van der Waals surface area contributed by atoms with Crippen LogP contribution in [-0.2, 0) is 10.3 Å². The fourth-order valence-corrected chi connectivity index (χ4v) is 1.50. The molecular formula is C6H5ClN2O5S. The Kier molecular flexibility index (Phi) is 3.12. The molecule has 0 aromatic heterocycles. The molecule has 0 saturated carbocycles. The van der Waals surface area contributed by atoms with Gasteiger partial charge in [0, 0.05) is 11.1 Å². The van der Waals surface area contributed by atoms with Gasteiger partial charge in [0.2, 0.25) is 0 Å². The van der Waals surface area contributed by atoms with Crippen molar-refractivity contribution in [3.8, 4) is 0 Å². The highest BCUT2D eigenvalue weighted by molar-refractivity contribution is 7.87. The molecule has 1 aromatic carbocycles. The van der Waals surface area contributed by atoms with Gasteiger partial charge in [-0.3, -0.25) is 19.4 Å². The van der Waals surface area contributed by atoms with Crippen molar-refractivity contribution < 1.29 is 17.9 Å². The minimum Gasteiger partial charge on any atom is -0.269 e. The number of nitro groups is 1. The van der Waals surface area contributed by atoms with Crippen molar-refractivity contribution in [3.63, 3.8) is 0 Å². The van der Waals surface area contributed by atoms with Crippen molar-refractivity contribution in [3.05, 3.63) is 33.3 Å². The Morgan fingerprint density at radius 3 is 2.53 bits per heavy atom. The number of hydrogen-bond donors (Lipinski definition) is 2. The molecule has 2 N–H and O–H groups in total. The number of nitro benzene ring substituents is 1. The van der Waals surface area contributed by atoms with Crippen molar-refractivity contribution in [2.24, 2.45) is 0 Å². The maximum atomic E-state index is 10.5. The van der Waals surface area contributed by atoms with Crippen LogP contribution < -0.4 is 4.72 Å². The van der Waals surface area contributed by atoms with Crippen LogP contribution in [0, 0.1) is 10.1 Å². The molecule has 9 heteroatoms. The van der Waals surface area contributed by atoms with Crippen LogP contribution in [0.1, 0.15) is 0 Å². The van der Waals surface area contributed by atoms with Gasteiger partial charge < -0.3 is 0 Å². The van der Waals surface area contributed by atoms with E-state index in [9.17, 15) is 18.5 Å². The van der Waals surface area contributed by atoms with E-state index in [2.05, 4.69) is 0 Å². The Morgan fingerprint density at radius 1 is 1.47 bits per heavy atom. The zero-order valence-corrected chi connectivity index (χ0v) is 8.62. The molecule has 0 aliphatic heterocycles. The first kappa shape index (κ1) is 11.7. The Balaban J connectivity index is 3.24. The van der Waals surface area contributed by atoms with Gasteiger partial charge in [-0.05, 0) is 12.1 Å². The second-order valence-electron chi connectivity index (χ2n) is 2.50. The zero-order chi connectivity index (χ0) is 11.6. The molecule has 82 valence electrons. The number of nitrogens with one attached hydrogen (secondary N) is 1. The van der Waals surface area contributed by atoms with E-state index in [-0.39, 0.29) is 10.7 Å². The zero-order valence-electron chi connectivity index (χ0n) is 7.05. The van der Waals surface area contributed by atoms with Crippen molar-refractivity contribution in [2.45, 2.75) is 0 Å². The van der Waals surface area contributed by atoms with Gasteiger partial charge in [-0.1, -0.05) is 11.6 Å². The molecule has 0 unspecified atom stereocenters. The molecule has 0 aliphatic carbocycles. The Labute approximate surface area is 89.7 Å².